The van der Waals surface area contributed by atoms with Crippen molar-refractivity contribution in [3.63, 3.8) is 0 Å². The minimum atomic E-state index is -0.326. The lowest BCUT2D eigenvalue weighted by atomic mass is 9.98. The lowest BCUT2D eigenvalue weighted by Crippen LogP contribution is -2.19. The molecule has 0 saturated heterocycles. The quantitative estimate of drug-likeness (QED) is 0.411. The summed E-state index contributed by atoms with van der Waals surface area (Å²) in [6.45, 7) is 3.91. The number of pyridine rings is 1. The van der Waals surface area contributed by atoms with E-state index in [2.05, 4.69) is 38.6 Å². The van der Waals surface area contributed by atoms with Crippen LogP contribution < -0.4 is 10.6 Å². The normalized spacial score (nSPS) is 11.2. The number of aromatic nitrogens is 3. The number of nitrogens with one attached hydrogen (secondary N) is 2. The Morgan fingerprint density at radius 2 is 1.91 bits per heavy atom. The number of carbonyl (C=O) groups is 1. The van der Waals surface area contributed by atoms with Crippen LogP contribution in [0.5, 0.6) is 0 Å². The van der Waals surface area contributed by atoms with Crippen LogP contribution in [0.4, 0.5) is 15.9 Å². The number of amides is 1. The fourth-order valence-electron chi connectivity index (χ4n) is 3.82. The van der Waals surface area contributed by atoms with Gasteiger partial charge in [0.1, 0.15) is 11.6 Å². The van der Waals surface area contributed by atoms with Crippen LogP contribution in [0, 0.1) is 5.82 Å². The van der Waals surface area contributed by atoms with Crippen molar-refractivity contribution < 1.29 is 13.9 Å². The maximum atomic E-state index is 15.0. The Balaban J connectivity index is 1.73. The Hall–Kier alpha value is -3.30. The molecule has 0 aliphatic heterocycles. The highest BCUT2D eigenvalue weighted by Crippen LogP contribution is 2.23. The molecule has 188 valence electrons. The van der Waals surface area contributed by atoms with Crippen molar-refractivity contribution in [2.75, 3.05) is 40.1 Å². The third-order valence-corrected chi connectivity index (χ3v) is 5.77. The molecule has 2 aromatic heterocycles. The van der Waals surface area contributed by atoms with Gasteiger partial charge in [-0.25, -0.2) is 9.37 Å². The Morgan fingerprint density at radius 1 is 1.14 bits per heavy atom. The summed E-state index contributed by atoms with van der Waals surface area (Å²) in [6.07, 6.45) is 7.43. The van der Waals surface area contributed by atoms with Gasteiger partial charge in [-0.15, -0.1) is 0 Å². The first-order valence-corrected chi connectivity index (χ1v) is 11.8. The van der Waals surface area contributed by atoms with Gasteiger partial charge in [0.05, 0.1) is 25.0 Å². The predicted molar refractivity (Wildman–Crippen MR) is 136 cm³/mol. The molecule has 3 aromatic rings. The van der Waals surface area contributed by atoms with Gasteiger partial charge >= 0.3 is 0 Å². The molecule has 1 aromatic carbocycles. The van der Waals surface area contributed by atoms with Crippen LogP contribution in [0.25, 0.3) is 0 Å². The summed E-state index contributed by atoms with van der Waals surface area (Å²) in [5.74, 6) is 0.213. The zero-order valence-electron chi connectivity index (χ0n) is 21.2. The molecule has 2 N–H and O–H groups in total. The molecule has 8 nitrogen and oxygen atoms in total. The van der Waals surface area contributed by atoms with E-state index in [0.29, 0.717) is 29.5 Å². The number of anilines is 2. The number of hydrogen-bond acceptors (Lipinski definition) is 6. The molecule has 2 heterocycles. The number of ether oxygens (including phenoxy) is 1. The summed E-state index contributed by atoms with van der Waals surface area (Å²) in [6, 6.07) is 5.26. The van der Waals surface area contributed by atoms with E-state index in [4.69, 9.17) is 4.74 Å². The highest BCUT2D eigenvalue weighted by molar-refractivity contribution is 5.94. The second-order valence-electron chi connectivity index (χ2n) is 8.75. The largest absolute Gasteiger partial charge is 0.380 e. The zero-order chi connectivity index (χ0) is 25.4. The van der Waals surface area contributed by atoms with Crippen molar-refractivity contribution in [2.45, 2.75) is 39.3 Å². The second-order valence-corrected chi connectivity index (χ2v) is 8.75. The third kappa shape index (κ3) is 7.10. The number of methoxy groups -OCH3 is 1. The van der Waals surface area contributed by atoms with Crippen molar-refractivity contribution in [2.24, 2.45) is 0 Å². The van der Waals surface area contributed by atoms with E-state index >= 15 is 4.39 Å². The average Bonchev–Trinajstić information content (AvgIpc) is 3.30. The molecule has 0 atom stereocenters. The van der Waals surface area contributed by atoms with Crippen LogP contribution >= 0.6 is 0 Å². The third-order valence-electron chi connectivity index (χ3n) is 5.77. The Morgan fingerprint density at radius 3 is 2.60 bits per heavy atom. The van der Waals surface area contributed by atoms with Crippen LogP contribution in [-0.2, 0) is 37.2 Å². The van der Waals surface area contributed by atoms with Crippen LogP contribution in [0.15, 0.2) is 36.8 Å². The maximum Gasteiger partial charge on any atom is 0.251 e. The van der Waals surface area contributed by atoms with Gasteiger partial charge in [0, 0.05) is 44.2 Å². The molecule has 35 heavy (non-hydrogen) atoms. The molecular weight excluding hydrogens is 447 g/mol. The standard InChI is InChI=1S/C26H35FN6O2/c1-6-19-11-18(14-29-25(19)31-23-15-30-33(16-23)10-9-32(3)4)7-8-20-12-21(26(34)28-2)13-22(17-35-5)24(20)27/h11-16H,6-10,17H2,1-5H3,(H,28,34)(H,29,31). The van der Waals surface area contributed by atoms with Crippen molar-refractivity contribution in [3.8, 4) is 0 Å². The van der Waals surface area contributed by atoms with Crippen molar-refractivity contribution in [3.05, 3.63) is 70.4 Å². The van der Waals surface area contributed by atoms with Crippen LogP contribution in [-0.4, -0.2) is 60.4 Å². The molecule has 0 saturated carbocycles. The van der Waals surface area contributed by atoms with Gasteiger partial charge < -0.3 is 20.3 Å². The number of benzene rings is 1. The molecule has 0 bridgehead atoms. The minimum Gasteiger partial charge on any atom is -0.380 e. The van der Waals surface area contributed by atoms with Crippen molar-refractivity contribution >= 4 is 17.4 Å². The number of rotatable bonds is 12. The number of carbonyl (C=O) groups excluding carboxylic acids is 1. The lowest BCUT2D eigenvalue weighted by molar-refractivity contribution is 0.0962. The van der Waals surface area contributed by atoms with E-state index in [1.165, 1.54) is 7.11 Å². The van der Waals surface area contributed by atoms with Gasteiger partial charge in [-0.2, -0.15) is 5.10 Å². The smallest absolute Gasteiger partial charge is 0.251 e. The summed E-state index contributed by atoms with van der Waals surface area (Å²) in [5.41, 5.74) is 4.26. The van der Waals surface area contributed by atoms with Gasteiger partial charge in [0.2, 0.25) is 0 Å². The van der Waals surface area contributed by atoms with E-state index in [0.717, 1.165) is 42.1 Å². The molecule has 9 heteroatoms. The summed E-state index contributed by atoms with van der Waals surface area (Å²) < 4.78 is 22.0. The topological polar surface area (TPSA) is 84.3 Å². The first-order chi connectivity index (χ1) is 16.8. The molecule has 0 fully saturated rings. The Bertz CT molecular complexity index is 1140. The van der Waals surface area contributed by atoms with Gasteiger partial charge in [-0.1, -0.05) is 13.0 Å². The maximum absolute atomic E-state index is 15.0. The first kappa shape index (κ1) is 26.3. The zero-order valence-corrected chi connectivity index (χ0v) is 21.2. The number of nitrogens with zero attached hydrogens (tertiary/aromatic N) is 4. The molecule has 0 aliphatic rings. The molecule has 1 amide bonds. The highest BCUT2D eigenvalue weighted by atomic mass is 19.1. The SMILES string of the molecule is CCc1cc(CCc2cc(C(=O)NC)cc(COC)c2F)cnc1Nc1cnn(CCN(C)C)c1. The van der Waals surface area contributed by atoms with Crippen LogP contribution in [0.1, 0.15) is 39.5 Å². The van der Waals surface area contributed by atoms with Crippen molar-refractivity contribution in [1.82, 2.24) is 25.0 Å². The predicted octanol–water partition coefficient (Wildman–Crippen LogP) is 3.58. The summed E-state index contributed by atoms with van der Waals surface area (Å²) in [5, 5.41) is 10.4. The van der Waals surface area contributed by atoms with Crippen LogP contribution in [0.3, 0.4) is 0 Å². The van der Waals surface area contributed by atoms with E-state index in [1.807, 2.05) is 31.2 Å². The monoisotopic (exact) mass is 482 g/mol. The summed E-state index contributed by atoms with van der Waals surface area (Å²) in [4.78, 5) is 18.9. The second kappa shape index (κ2) is 12.4. The van der Waals surface area contributed by atoms with Crippen LogP contribution in [0.2, 0.25) is 0 Å². The summed E-state index contributed by atoms with van der Waals surface area (Å²) >= 11 is 0. The van der Waals surface area contributed by atoms with E-state index in [-0.39, 0.29) is 18.3 Å². The number of aryl methyl sites for hydroxylation is 3. The lowest BCUT2D eigenvalue weighted by Gasteiger charge is -2.13. The molecule has 3 rings (SSSR count). The number of likely N-dealkylation sites (N-methyl/N-ethyl adjacent to an activating group) is 1. The molecule has 0 radical (unpaired) electrons. The van der Waals surface area contributed by atoms with Crippen molar-refractivity contribution in [1.29, 1.82) is 0 Å². The molecule has 0 spiro atoms. The van der Waals surface area contributed by atoms with E-state index in [9.17, 15) is 4.79 Å². The molecule has 0 aliphatic carbocycles. The minimum absolute atomic E-state index is 0.108. The Kier molecular flexibility index (Phi) is 9.33. The number of hydrogen-bond donors (Lipinski definition) is 2. The van der Waals surface area contributed by atoms with E-state index < -0.39 is 0 Å². The fraction of sp³-hybridized carbons (Fsp3) is 0.423. The van der Waals surface area contributed by atoms with Gasteiger partial charge in [0.15, 0.2) is 0 Å². The number of halogens is 1. The van der Waals surface area contributed by atoms with Gasteiger partial charge in [-0.05, 0) is 62.2 Å². The van der Waals surface area contributed by atoms with E-state index in [1.54, 1.807) is 25.4 Å². The summed E-state index contributed by atoms with van der Waals surface area (Å²) in [7, 11) is 7.14. The highest BCUT2D eigenvalue weighted by Gasteiger charge is 2.15. The fourth-order valence-corrected chi connectivity index (χ4v) is 3.82. The van der Waals surface area contributed by atoms with Gasteiger partial charge in [0.25, 0.3) is 5.91 Å². The molecular formula is C26H35FN6O2. The molecule has 0 unspecified atom stereocenters. The average molecular weight is 483 g/mol. The van der Waals surface area contributed by atoms with Gasteiger partial charge in [-0.3, -0.25) is 9.48 Å². The first-order valence-electron chi connectivity index (χ1n) is 11.8. The Labute approximate surface area is 206 Å².